The highest BCUT2D eigenvalue weighted by Crippen LogP contribution is 2.30. The minimum atomic E-state index is 0.741. The van der Waals surface area contributed by atoms with Crippen molar-refractivity contribution in [1.82, 2.24) is 19.9 Å². The smallest absolute Gasteiger partial charge is 0.192 e. The van der Waals surface area contributed by atoms with Crippen LogP contribution in [0.5, 0.6) is 0 Å². The number of benzene rings is 1. The van der Waals surface area contributed by atoms with Crippen LogP contribution in [0.15, 0.2) is 81.3 Å². The van der Waals surface area contributed by atoms with Gasteiger partial charge in [0, 0.05) is 34.6 Å². The van der Waals surface area contributed by atoms with Crippen molar-refractivity contribution in [1.29, 1.82) is 0 Å². The number of nitrogens with zero attached hydrogens (tertiary/aromatic N) is 4. The zero-order chi connectivity index (χ0) is 13.6. The van der Waals surface area contributed by atoms with E-state index in [-0.39, 0.29) is 0 Å². The van der Waals surface area contributed by atoms with Crippen LogP contribution in [-0.2, 0) is 0 Å². The van der Waals surface area contributed by atoms with Crippen LogP contribution in [0.2, 0.25) is 0 Å². The maximum Gasteiger partial charge on any atom is 0.192 e. The van der Waals surface area contributed by atoms with Crippen LogP contribution in [0.3, 0.4) is 0 Å². The Morgan fingerprint density at radius 2 is 1.05 bits per heavy atom. The van der Waals surface area contributed by atoms with E-state index in [9.17, 15) is 0 Å². The molecular formula is C14H10N4S2. The number of hydrogen-bond acceptors (Lipinski definition) is 6. The van der Waals surface area contributed by atoms with Crippen molar-refractivity contribution in [2.24, 2.45) is 0 Å². The van der Waals surface area contributed by atoms with E-state index in [0.717, 1.165) is 20.1 Å². The van der Waals surface area contributed by atoms with Crippen molar-refractivity contribution < 1.29 is 0 Å². The highest BCUT2D eigenvalue weighted by atomic mass is 32.2. The summed E-state index contributed by atoms with van der Waals surface area (Å²) in [6, 6.07) is 11.8. The Labute approximate surface area is 125 Å². The first-order valence-corrected chi connectivity index (χ1v) is 7.53. The third-order valence-corrected chi connectivity index (χ3v) is 4.07. The summed E-state index contributed by atoms with van der Waals surface area (Å²) in [7, 11) is 0. The molecule has 2 heterocycles. The molecule has 0 fully saturated rings. The fourth-order valence-electron chi connectivity index (χ4n) is 1.49. The van der Waals surface area contributed by atoms with Crippen LogP contribution in [0, 0.1) is 0 Å². The van der Waals surface area contributed by atoms with Gasteiger partial charge in [-0.15, -0.1) is 0 Å². The van der Waals surface area contributed by atoms with Gasteiger partial charge < -0.3 is 0 Å². The quantitative estimate of drug-likeness (QED) is 0.686. The SMILES string of the molecule is c1cnc(Sc2cccc(Sc3ncccn3)c2)nc1. The molecule has 98 valence electrons. The monoisotopic (exact) mass is 298 g/mol. The first-order valence-electron chi connectivity index (χ1n) is 5.90. The minimum absolute atomic E-state index is 0.741. The van der Waals surface area contributed by atoms with Crippen molar-refractivity contribution >= 4 is 23.5 Å². The lowest BCUT2D eigenvalue weighted by atomic mass is 10.4. The highest BCUT2D eigenvalue weighted by molar-refractivity contribution is 8.00. The van der Waals surface area contributed by atoms with Crippen molar-refractivity contribution in [2.75, 3.05) is 0 Å². The second-order valence-corrected chi connectivity index (χ2v) is 5.82. The molecule has 0 spiro atoms. The van der Waals surface area contributed by atoms with E-state index in [1.165, 1.54) is 23.5 Å². The van der Waals surface area contributed by atoms with Crippen LogP contribution >= 0.6 is 23.5 Å². The Morgan fingerprint density at radius 3 is 1.50 bits per heavy atom. The van der Waals surface area contributed by atoms with Gasteiger partial charge in [0.25, 0.3) is 0 Å². The van der Waals surface area contributed by atoms with E-state index >= 15 is 0 Å². The molecule has 2 aromatic heterocycles. The van der Waals surface area contributed by atoms with Gasteiger partial charge in [-0.25, -0.2) is 19.9 Å². The summed E-state index contributed by atoms with van der Waals surface area (Å²) in [6.45, 7) is 0. The summed E-state index contributed by atoms with van der Waals surface area (Å²) in [5.41, 5.74) is 0. The van der Waals surface area contributed by atoms with E-state index in [1.807, 2.05) is 30.3 Å². The van der Waals surface area contributed by atoms with Gasteiger partial charge in [0.15, 0.2) is 10.3 Å². The molecule has 0 saturated heterocycles. The number of aromatic nitrogens is 4. The molecule has 0 aliphatic carbocycles. The van der Waals surface area contributed by atoms with E-state index in [4.69, 9.17) is 0 Å². The second kappa shape index (κ2) is 6.49. The largest absolute Gasteiger partial charge is 0.231 e. The van der Waals surface area contributed by atoms with Gasteiger partial charge in [0.05, 0.1) is 0 Å². The van der Waals surface area contributed by atoms with Gasteiger partial charge in [-0.05, 0) is 53.9 Å². The van der Waals surface area contributed by atoms with Crippen molar-refractivity contribution in [3.63, 3.8) is 0 Å². The molecule has 0 aliphatic heterocycles. The van der Waals surface area contributed by atoms with Gasteiger partial charge in [-0.1, -0.05) is 6.07 Å². The average molecular weight is 298 g/mol. The predicted octanol–water partition coefficient (Wildman–Crippen LogP) is 3.57. The predicted molar refractivity (Wildman–Crippen MR) is 78.8 cm³/mol. The number of rotatable bonds is 4. The zero-order valence-electron chi connectivity index (χ0n) is 10.4. The van der Waals surface area contributed by atoms with Crippen molar-refractivity contribution in [2.45, 2.75) is 20.1 Å². The topological polar surface area (TPSA) is 51.6 Å². The summed E-state index contributed by atoms with van der Waals surface area (Å²) < 4.78 is 0. The molecule has 0 atom stereocenters. The fraction of sp³-hybridized carbons (Fsp3) is 0. The molecule has 0 unspecified atom stereocenters. The third kappa shape index (κ3) is 3.55. The molecule has 0 amide bonds. The zero-order valence-corrected chi connectivity index (χ0v) is 12.0. The highest BCUT2D eigenvalue weighted by Gasteiger charge is 2.03. The first kappa shape index (κ1) is 13.1. The van der Waals surface area contributed by atoms with Crippen LogP contribution in [0.4, 0.5) is 0 Å². The van der Waals surface area contributed by atoms with E-state index < -0.39 is 0 Å². The molecule has 20 heavy (non-hydrogen) atoms. The molecule has 4 nitrogen and oxygen atoms in total. The molecule has 3 aromatic rings. The Hall–Kier alpha value is -1.92. The van der Waals surface area contributed by atoms with Gasteiger partial charge in [-0.3, -0.25) is 0 Å². The normalized spacial score (nSPS) is 10.4. The summed E-state index contributed by atoms with van der Waals surface area (Å²) in [5, 5.41) is 1.48. The summed E-state index contributed by atoms with van der Waals surface area (Å²) in [6.07, 6.45) is 6.97. The van der Waals surface area contributed by atoms with Crippen molar-refractivity contribution in [3.05, 3.63) is 61.2 Å². The van der Waals surface area contributed by atoms with Gasteiger partial charge >= 0.3 is 0 Å². The lowest BCUT2D eigenvalue weighted by molar-refractivity contribution is 0.964. The molecule has 6 heteroatoms. The average Bonchev–Trinajstić information content (AvgIpc) is 2.50. The maximum absolute atomic E-state index is 4.21. The van der Waals surface area contributed by atoms with Crippen molar-refractivity contribution in [3.8, 4) is 0 Å². The van der Waals surface area contributed by atoms with Crippen LogP contribution in [0.1, 0.15) is 0 Å². The van der Waals surface area contributed by atoms with Crippen LogP contribution in [-0.4, -0.2) is 19.9 Å². The maximum atomic E-state index is 4.21. The molecule has 0 radical (unpaired) electrons. The molecule has 3 rings (SSSR count). The standard InChI is InChI=1S/C14H10N4S2/c1-4-11(19-13-15-6-2-7-16-13)10-12(5-1)20-14-17-8-3-9-18-14/h1-10H. The molecule has 0 N–H and O–H groups in total. The second-order valence-electron chi connectivity index (χ2n) is 3.74. The van der Waals surface area contributed by atoms with E-state index in [1.54, 1.807) is 24.8 Å². The molecular weight excluding hydrogens is 288 g/mol. The fourth-order valence-corrected chi connectivity index (χ4v) is 3.10. The Balaban J connectivity index is 1.76. The Kier molecular flexibility index (Phi) is 4.25. The molecule has 1 aromatic carbocycles. The molecule has 0 aliphatic rings. The Bertz CT molecular complexity index is 620. The lowest BCUT2D eigenvalue weighted by Gasteiger charge is -2.03. The molecule has 0 saturated carbocycles. The molecule has 0 bridgehead atoms. The lowest BCUT2D eigenvalue weighted by Crippen LogP contribution is -1.85. The van der Waals surface area contributed by atoms with Gasteiger partial charge in [0.1, 0.15) is 0 Å². The van der Waals surface area contributed by atoms with Gasteiger partial charge in [-0.2, -0.15) is 0 Å². The Morgan fingerprint density at radius 1 is 0.600 bits per heavy atom. The summed E-state index contributed by atoms with van der Waals surface area (Å²) in [4.78, 5) is 19.0. The van der Waals surface area contributed by atoms with Crippen LogP contribution < -0.4 is 0 Å². The van der Waals surface area contributed by atoms with E-state index in [0.29, 0.717) is 0 Å². The van der Waals surface area contributed by atoms with Crippen LogP contribution in [0.25, 0.3) is 0 Å². The first-order chi connectivity index (χ1) is 9.90. The summed E-state index contributed by atoms with van der Waals surface area (Å²) >= 11 is 3.07. The number of hydrogen-bond donors (Lipinski definition) is 0. The van der Waals surface area contributed by atoms with Gasteiger partial charge in [0.2, 0.25) is 0 Å². The van der Waals surface area contributed by atoms with E-state index in [2.05, 4.69) is 26.0 Å². The minimum Gasteiger partial charge on any atom is -0.231 e. The third-order valence-electron chi connectivity index (χ3n) is 2.31. The summed E-state index contributed by atoms with van der Waals surface area (Å²) in [5.74, 6) is 0.